The number of carbonyl (C=O) groups excluding carboxylic acids is 1. The van der Waals surface area contributed by atoms with Crippen molar-refractivity contribution in [3.63, 3.8) is 0 Å². The minimum Gasteiger partial charge on any atom is -0.350 e. The molecule has 0 saturated carbocycles. The summed E-state index contributed by atoms with van der Waals surface area (Å²) in [5.74, 6) is 0.0188. The van der Waals surface area contributed by atoms with Crippen molar-refractivity contribution in [3.05, 3.63) is 28.5 Å². The molecule has 1 amide bonds. The van der Waals surface area contributed by atoms with E-state index in [0.717, 1.165) is 37.2 Å². The van der Waals surface area contributed by atoms with Crippen LogP contribution in [0.25, 0.3) is 6.08 Å². The molecule has 0 aromatic carbocycles. The standard InChI is InChI=1S/C13H18N2OS/c16-13(6-5-12-4-2-10-17-12)15-11-3-1-8-14-9-7-11/h2,4-6,10-11,14H,1,3,7-9H2,(H,15,16)/b6-5+. The quantitative estimate of drug-likeness (QED) is 0.806. The largest absolute Gasteiger partial charge is 0.350 e. The second-order valence-electron chi connectivity index (χ2n) is 4.24. The van der Waals surface area contributed by atoms with Gasteiger partial charge in [0.1, 0.15) is 0 Å². The Morgan fingerprint density at radius 2 is 2.41 bits per heavy atom. The average molecular weight is 250 g/mol. The lowest BCUT2D eigenvalue weighted by Gasteiger charge is -2.14. The molecule has 3 nitrogen and oxygen atoms in total. The zero-order valence-electron chi connectivity index (χ0n) is 9.82. The van der Waals surface area contributed by atoms with Crippen LogP contribution in [0.4, 0.5) is 0 Å². The molecule has 1 aromatic heterocycles. The molecule has 1 aliphatic rings. The lowest BCUT2D eigenvalue weighted by Crippen LogP contribution is -2.34. The number of carbonyl (C=O) groups is 1. The Labute approximate surface area is 106 Å². The molecule has 1 aromatic rings. The zero-order chi connectivity index (χ0) is 11.9. The van der Waals surface area contributed by atoms with Gasteiger partial charge in [-0.05, 0) is 49.9 Å². The lowest BCUT2D eigenvalue weighted by molar-refractivity contribution is -0.117. The van der Waals surface area contributed by atoms with E-state index in [9.17, 15) is 4.79 Å². The molecule has 1 unspecified atom stereocenters. The normalized spacial score (nSPS) is 21.3. The van der Waals surface area contributed by atoms with Gasteiger partial charge in [-0.3, -0.25) is 4.79 Å². The molecule has 1 aliphatic heterocycles. The molecular weight excluding hydrogens is 232 g/mol. The summed E-state index contributed by atoms with van der Waals surface area (Å²) in [6.45, 7) is 2.07. The van der Waals surface area contributed by atoms with Crippen LogP contribution >= 0.6 is 11.3 Å². The van der Waals surface area contributed by atoms with Crippen LogP contribution in [0.3, 0.4) is 0 Å². The predicted molar refractivity (Wildman–Crippen MR) is 72.0 cm³/mol. The maximum absolute atomic E-state index is 11.7. The van der Waals surface area contributed by atoms with Gasteiger partial charge in [-0.1, -0.05) is 6.07 Å². The summed E-state index contributed by atoms with van der Waals surface area (Å²) >= 11 is 1.64. The van der Waals surface area contributed by atoms with E-state index in [1.165, 1.54) is 0 Å². The van der Waals surface area contributed by atoms with Crippen LogP contribution in [0.5, 0.6) is 0 Å². The zero-order valence-corrected chi connectivity index (χ0v) is 10.6. The summed E-state index contributed by atoms with van der Waals surface area (Å²) in [4.78, 5) is 12.8. The van der Waals surface area contributed by atoms with Crippen molar-refractivity contribution >= 4 is 23.3 Å². The highest BCUT2D eigenvalue weighted by Crippen LogP contribution is 2.10. The maximum atomic E-state index is 11.7. The molecule has 17 heavy (non-hydrogen) atoms. The summed E-state index contributed by atoms with van der Waals surface area (Å²) in [5.41, 5.74) is 0. The van der Waals surface area contributed by atoms with Crippen LogP contribution in [-0.4, -0.2) is 25.0 Å². The van der Waals surface area contributed by atoms with Gasteiger partial charge in [-0.25, -0.2) is 0 Å². The third kappa shape index (κ3) is 4.32. The summed E-state index contributed by atoms with van der Waals surface area (Å²) in [7, 11) is 0. The highest BCUT2D eigenvalue weighted by Gasteiger charge is 2.12. The number of amides is 1. The molecule has 0 bridgehead atoms. The van der Waals surface area contributed by atoms with E-state index < -0.39 is 0 Å². The molecule has 4 heteroatoms. The van der Waals surface area contributed by atoms with Gasteiger partial charge < -0.3 is 10.6 Å². The highest BCUT2D eigenvalue weighted by molar-refractivity contribution is 7.10. The van der Waals surface area contributed by atoms with E-state index in [-0.39, 0.29) is 5.91 Å². The SMILES string of the molecule is O=C(/C=C/c1cccs1)NC1CCCNCC1. The summed E-state index contributed by atoms with van der Waals surface area (Å²) in [6.07, 6.45) is 6.74. The summed E-state index contributed by atoms with van der Waals surface area (Å²) < 4.78 is 0. The average Bonchev–Trinajstić information content (AvgIpc) is 2.72. The fraction of sp³-hybridized carbons (Fsp3) is 0.462. The van der Waals surface area contributed by atoms with Crippen molar-refractivity contribution in [2.75, 3.05) is 13.1 Å². The van der Waals surface area contributed by atoms with E-state index >= 15 is 0 Å². The smallest absolute Gasteiger partial charge is 0.244 e. The molecule has 92 valence electrons. The Balaban J connectivity index is 1.80. The molecule has 1 atom stereocenters. The number of hydrogen-bond acceptors (Lipinski definition) is 3. The van der Waals surface area contributed by atoms with Gasteiger partial charge in [0.25, 0.3) is 0 Å². The molecule has 0 spiro atoms. The number of thiophene rings is 1. The first-order valence-corrected chi connectivity index (χ1v) is 6.95. The lowest BCUT2D eigenvalue weighted by atomic mass is 10.1. The monoisotopic (exact) mass is 250 g/mol. The number of nitrogens with one attached hydrogen (secondary N) is 2. The number of hydrogen-bond donors (Lipinski definition) is 2. The molecule has 2 rings (SSSR count). The van der Waals surface area contributed by atoms with Crippen LogP contribution in [0, 0.1) is 0 Å². The first kappa shape index (κ1) is 12.3. The van der Waals surface area contributed by atoms with Gasteiger partial charge in [0.05, 0.1) is 0 Å². The van der Waals surface area contributed by atoms with Crippen molar-refractivity contribution in [2.24, 2.45) is 0 Å². The Kier molecular flexibility index (Phi) is 4.76. The molecule has 1 fully saturated rings. The fourth-order valence-corrected chi connectivity index (χ4v) is 2.57. The molecule has 2 N–H and O–H groups in total. The van der Waals surface area contributed by atoms with E-state index in [1.807, 2.05) is 23.6 Å². The second-order valence-corrected chi connectivity index (χ2v) is 5.21. The van der Waals surface area contributed by atoms with Crippen LogP contribution in [0.2, 0.25) is 0 Å². The second kappa shape index (κ2) is 6.57. The predicted octanol–water partition coefficient (Wildman–Crippen LogP) is 2.02. The van der Waals surface area contributed by atoms with Crippen molar-refractivity contribution in [1.29, 1.82) is 0 Å². The maximum Gasteiger partial charge on any atom is 0.244 e. The highest BCUT2D eigenvalue weighted by atomic mass is 32.1. The van der Waals surface area contributed by atoms with Crippen molar-refractivity contribution in [2.45, 2.75) is 25.3 Å². The molecule has 0 radical (unpaired) electrons. The van der Waals surface area contributed by atoms with Gasteiger partial charge >= 0.3 is 0 Å². The van der Waals surface area contributed by atoms with Gasteiger partial charge in [0, 0.05) is 17.0 Å². The van der Waals surface area contributed by atoms with Crippen molar-refractivity contribution in [1.82, 2.24) is 10.6 Å². The van der Waals surface area contributed by atoms with E-state index in [0.29, 0.717) is 6.04 Å². The number of rotatable bonds is 3. The third-order valence-electron chi connectivity index (χ3n) is 2.86. The van der Waals surface area contributed by atoms with Crippen molar-refractivity contribution < 1.29 is 4.79 Å². The van der Waals surface area contributed by atoms with E-state index in [2.05, 4.69) is 10.6 Å². The molecule has 0 aliphatic carbocycles. The Bertz CT molecular complexity index is 365. The van der Waals surface area contributed by atoms with Gasteiger partial charge in [-0.2, -0.15) is 0 Å². The van der Waals surface area contributed by atoms with Crippen LogP contribution in [-0.2, 0) is 4.79 Å². The topological polar surface area (TPSA) is 41.1 Å². The third-order valence-corrected chi connectivity index (χ3v) is 3.70. The van der Waals surface area contributed by atoms with Crippen LogP contribution in [0.15, 0.2) is 23.6 Å². The molecular formula is C13H18N2OS. The molecule has 2 heterocycles. The fourth-order valence-electron chi connectivity index (χ4n) is 1.96. The first-order chi connectivity index (χ1) is 8.34. The Hall–Kier alpha value is -1.13. The minimum absolute atomic E-state index is 0.0188. The first-order valence-electron chi connectivity index (χ1n) is 6.07. The summed E-state index contributed by atoms with van der Waals surface area (Å²) in [6, 6.07) is 4.31. The minimum atomic E-state index is 0.0188. The van der Waals surface area contributed by atoms with E-state index in [1.54, 1.807) is 17.4 Å². The van der Waals surface area contributed by atoms with Gasteiger partial charge in [0.2, 0.25) is 5.91 Å². The summed E-state index contributed by atoms with van der Waals surface area (Å²) in [5, 5.41) is 8.41. The van der Waals surface area contributed by atoms with Crippen LogP contribution in [0.1, 0.15) is 24.1 Å². The Morgan fingerprint density at radius 1 is 1.47 bits per heavy atom. The van der Waals surface area contributed by atoms with E-state index in [4.69, 9.17) is 0 Å². The van der Waals surface area contributed by atoms with Gasteiger partial charge in [-0.15, -0.1) is 11.3 Å². The van der Waals surface area contributed by atoms with Crippen LogP contribution < -0.4 is 10.6 Å². The molecule has 1 saturated heterocycles. The Morgan fingerprint density at radius 3 is 3.24 bits per heavy atom. The van der Waals surface area contributed by atoms with Gasteiger partial charge in [0.15, 0.2) is 0 Å². The van der Waals surface area contributed by atoms with Crippen molar-refractivity contribution in [3.8, 4) is 0 Å².